The maximum atomic E-state index is 4.20. The zero-order valence-electron chi connectivity index (χ0n) is 11.4. The average molecular weight is 283 g/mol. The molecular weight excluding hydrogens is 266 g/mol. The van der Waals surface area contributed by atoms with Crippen LogP contribution in [0.1, 0.15) is 18.9 Å². The molecule has 4 heteroatoms. The highest BCUT2D eigenvalue weighted by molar-refractivity contribution is 7.13. The molecule has 0 fully saturated rings. The smallest absolute Gasteiger partial charge is 0.0570 e. The minimum Gasteiger partial charge on any atom is -0.383 e. The molecule has 1 aromatic carbocycles. The Hall–Kier alpha value is -1.94. The van der Waals surface area contributed by atoms with E-state index in [0.717, 1.165) is 12.8 Å². The number of hydrogen-bond donors (Lipinski definition) is 1. The minimum atomic E-state index is 0.431. The number of anilines is 1. The van der Waals surface area contributed by atoms with Gasteiger partial charge in [-0.3, -0.25) is 4.98 Å². The summed E-state index contributed by atoms with van der Waals surface area (Å²) in [4.78, 5) is 4.15. The number of nitrogens with zero attached hydrogens (tertiary/aromatic N) is 2. The Morgan fingerprint density at radius 2 is 2.20 bits per heavy atom. The molecule has 1 atom stereocenters. The third-order valence-corrected chi connectivity index (χ3v) is 4.12. The zero-order valence-corrected chi connectivity index (χ0v) is 12.2. The first-order chi connectivity index (χ1) is 9.81. The molecule has 0 saturated heterocycles. The van der Waals surface area contributed by atoms with Gasteiger partial charge in [0, 0.05) is 35.7 Å². The molecule has 102 valence electrons. The Kier molecular flexibility index (Phi) is 3.92. The highest BCUT2D eigenvalue weighted by atomic mass is 32.1. The fraction of sp³-hybridized carbons (Fsp3) is 0.250. The van der Waals surface area contributed by atoms with Gasteiger partial charge in [-0.25, -0.2) is 0 Å². The van der Waals surface area contributed by atoms with Crippen molar-refractivity contribution in [3.63, 3.8) is 0 Å². The minimum absolute atomic E-state index is 0.431. The van der Waals surface area contributed by atoms with E-state index < -0.39 is 0 Å². The van der Waals surface area contributed by atoms with Crippen LogP contribution < -0.4 is 5.32 Å². The van der Waals surface area contributed by atoms with Gasteiger partial charge in [0.25, 0.3) is 0 Å². The quantitative estimate of drug-likeness (QED) is 0.765. The van der Waals surface area contributed by atoms with Crippen molar-refractivity contribution in [2.24, 2.45) is 0 Å². The number of benzene rings is 1. The number of pyridine rings is 1. The zero-order chi connectivity index (χ0) is 13.8. The van der Waals surface area contributed by atoms with Gasteiger partial charge in [-0.1, -0.05) is 6.07 Å². The summed E-state index contributed by atoms with van der Waals surface area (Å²) in [6.07, 6.45) is 7.80. The number of aromatic nitrogens is 2. The molecule has 20 heavy (non-hydrogen) atoms. The van der Waals surface area contributed by atoms with Crippen LogP contribution in [-0.4, -0.2) is 15.4 Å². The summed E-state index contributed by atoms with van der Waals surface area (Å²) in [5.74, 6) is 0. The van der Waals surface area contributed by atoms with E-state index in [9.17, 15) is 0 Å². The molecule has 0 bridgehead atoms. The van der Waals surface area contributed by atoms with E-state index >= 15 is 0 Å². The lowest BCUT2D eigenvalue weighted by atomic mass is 10.1. The van der Waals surface area contributed by atoms with Crippen LogP contribution in [0.2, 0.25) is 0 Å². The van der Waals surface area contributed by atoms with E-state index in [1.54, 1.807) is 11.5 Å². The summed E-state index contributed by atoms with van der Waals surface area (Å²) in [7, 11) is 0. The molecule has 0 spiro atoms. The molecule has 3 aromatic rings. The van der Waals surface area contributed by atoms with Crippen molar-refractivity contribution in [1.82, 2.24) is 9.36 Å². The SMILES string of the molecule is CC(CCc1cccnc1)Nc1ccc2cnsc2c1. The summed E-state index contributed by atoms with van der Waals surface area (Å²) in [6.45, 7) is 2.22. The van der Waals surface area contributed by atoms with Crippen LogP contribution >= 0.6 is 11.5 Å². The summed E-state index contributed by atoms with van der Waals surface area (Å²) >= 11 is 1.54. The Balaban J connectivity index is 1.59. The monoisotopic (exact) mass is 283 g/mol. The predicted molar refractivity (Wildman–Crippen MR) is 85.3 cm³/mol. The lowest BCUT2D eigenvalue weighted by molar-refractivity contribution is 0.705. The van der Waals surface area contributed by atoms with E-state index in [1.807, 2.05) is 24.7 Å². The van der Waals surface area contributed by atoms with Gasteiger partial charge in [0.15, 0.2) is 0 Å². The van der Waals surface area contributed by atoms with Crippen LogP contribution in [0.4, 0.5) is 5.69 Å². The standard InChI is InChI=1S/C16H17N3S/c1-12(4-5-13-3-2-8-17-10-13)19-15-7-6-14-11-18-20-16(14)9-15/h2-3,6-12,19H,4-5H2,1H3. The normalized spacial score (nSPS) is 12.4. The fourth-order valence-electron chi connectivity index (χ4n) is 2.24. The van der Waals surface area contributed by atoms with Crippen LogP contribution in [0.15, 0.2) is 48.9 Å². The van der Waals surface area contributed by atoms with Gasteiger partial charge in [-0.05, 0) is 61.1 Å². The highest BCUT2D eigenvalue weighted by Crippen LogP contribution is 2.23. The van der Waals surface area contributed by atoms with Crippen molar-refractivity contribution >= 4 is 27.3 Å². The fourth-order valence-corrected chi connectivity index (χ4v) is 2.92. The van der Waals surface area contributed by atoms with E-state index in [-0.39, 0.29) is 0 Å². The molecule has 3 rings (SSSR count). The molecule has 0 amide bonds. The van der Waals surface area contributed by atoms with Crippen molar-refractivity contribution in [2.75, 3.05) is 5.32 Å². The third kappa shape index (κ3) is 3.14. The maximum Gasteiger partial charge on any atom is 0.0570 e. The van der Waals surface area contributed by atoms with Crippen molar-refractivity contribution in [1.29, 1.82) is 0 Å². The molecule has 1 N–H and O–H groups in total. The molecule has 0 radical (unpaired) electrons. The lowest BCUT2D eigenvalue weighted by Gasteiger charge is -2.15. The van der Waals surface area contributed by atoms with Crippen molar-refractivity contribution in [2.45, 2.75) is 25.8 Å². The van der Waals surface area contributed by atoms with Crippen molar-refractivity contribution in [3.8, 4) is 0 Å². The van der Waals surface area contributed by atoms with E-state index in [0.29, 0.717) is 6.04 Å². The third-order valence-electron chi connectivity index (χ3n) is 3.36. The van der Waals surface area contributed by atoms with E-state index in [2.05, 4.69) is 45.9 Å². The average Bonchev–Trinajstić information content (AvgIpc) is 2.94. The van der Waals surface area contributed by atoms with E-state index in [4.69, 9.17) is 0 Å². The summed E-state index contributed by atoms with van der Waals surface area (Å²) in [5.41, 5.74) is 2.46. The second kappa shape index (κ2) is 6.01. The van der Waals surface area contributed by atoms with Crippen molar-refractivity contribution < 1.29 is 0 Å². The first-order valence-electron chi connectivity index (χ1n) is 6.81. The van der Waals surface area contributed by atoms with Crippen LogP contribution in [0.5, 0.6) is 0 Å². The van der Waals surface area contributed by atoms with Gasteiger partial charge in [0.1, 0.15) is 0 Å². The first kappa shape index (κ1) is 13.1. The molecule has 0 saturated carbocycles. The Bertz CT molecular complexity index is 678. The molecule has 2 heterocycles. The highest BCUT2D eigenvalue weighted by Gasteiger charge is 2.04. The van der Waals surface area contributed by atoms with Crippen molar-refractivity contribution in [3.05, 3.63) is 54.5 Å². The lowest BCUT2D eigenvalue weighted by Crippen LogP contribution is -2.15. The largest absolute Gasteiger partial charge is 0.383 e. The number of nitrogens with one attached hydrogen (secondary N) is 1. The van der Waals surface area contributed by atoms with Crippen LogP contribution in [-0.2, 0) is 6.42 Å². The number of rotatable bonds is 5. The van der Waals surface area contributed by atoms with Gasteiger partial charge in [0.2, 0.25) is 0 Å². The molecule has 2 aromatic heterocycles. The Morgan fingerprint density at radius 3 is 3.05 bits per heavy atom. The topological polar surface area (TPSA) is 37.8 Å². The van der Waals surface area contributed by atoms with Gasteiger partial charge >= 0.3 is 0 Å². The number of hydrogen-bond acceptors (Lipinski definition) is 4. The van der Waals surface area contributed by atoms with Gasteiger partial charge in [0.05, 0.1) is 4.70 Å². The summed E-state index contributed by atoms with van der Waals surface area (Å²) in [6, 6.07) is 11.0. The first-order valence-corrected chi connectivity index (χ1v) is 7.58. The predicted octanol–water partition coefficient (Wildman–Crippen LogP) is 4.12. The Labute approximate surface area is 122 Å². The molecule has 1 unspecified atom stereocenters. The van der Waals surface area contributed by atoms with Crippen LogP contribution in [0, 0.1) is 0 Å². The number of aryl methyl sites for hydroxylation is 1. The summed E-state index contributed by atoms with van der Waals surface area (Å²) in [5, 5.41) is 4.76. The molecule has 0 aliphatic heterocycles. The van der Waals surface area contributed by atoms with Crippen LogP contribution in [0.3, 0.4) is 0 Å². The molecule has 3 nitrogen and oxygen atoms in total. The van der Waals surface area contributed by atoms with Crippen LogP contribution in [0.25, 0.3) is 10.1 Å². The summed E-state index contributed by atoms with van der Waals surface area (Å²) < 4.78 is 5.44. The second-order valence-corrected chi connectivity index (χ2v) is 5.86. The molecular formula is C16H17N3S. The molecule has 0 aliphatic rings. The molecule has 0 aliphatic carbocycles. The van der Waals surface area contributed by atoms with Gasteiger partial charge in [-0.15, -0.1) is 0 Å². The second-order valence-electron chi connectivity index (χ2n) is 5.02. The van der Waals surface area contributed by atoms with Gasteiger partial charge in [-0.2, -0.15) is 4.37 Å². The Morgan fingerprint density at radius 1 is 1.25 bits per heavy atom. The van der Waals surface area contributed by atoms with E-state index in [1.165, 1.54) is 21.3 Å². The number of fused-ring (bicyclic) bond motifs is 1. The maximum absolute atomic E-state index is 4.20. The van der Waals surface area contributed by atoms with Gasteiger partial charge < -0.3 is 5.32 Å².